The van der Waals surface area contributed by atoms with Crippen LogP contribution in [0.1, 0.15) is 42.3 Å². The fraction of sp³-hybridized carbons (Fsp3) is 0.233. The van der Waals surface area contributed by atoms with Gasteiger partial charge < -0.3 is 4.57 Å². The summed E-state index contributed by atoms with van der Waals surface area (Å²) in [6.07, 6.45) is 4.84. The highest BCUT2D eigenvalue weighted by Crippen LogP contribution is 2.26. The molecule has 0 saturated heterocycles. The van der Waals surface area contributed by atoms with Crippen molar-refractivity contribution in [2.45, 2.75) is 46.6 Å². The second-order valence-corrected chi connectivity index (χ2v) is 9.77. The summed E-state index contributed by atoms with van der Waals surface area (Å²) in [5.41, 5.74) is 6.86. The Hall–Kier alpha value is -4.59. The highest BCUT2D eigenvalue weighted by molar-refractivity contribution is 5.85. The molecule has 0 spiro atoms. The first-order valence-electron chi connectivity index (χ1n) is 13.0. The topological polar surface area (TPSA) is 94.3 Å². The predicted octanol–water partition coefficient (Wildman–Crippen LogP) is 5.53. The summed E-state index contributed by atoms with van der Waals surface area (Å²) in [5.74, 6) is 1.45. The van der Waals surface area contributed by atoms with Gasteiger partial charge in [-0.1, -0.05) is 43.7 Å². The molecule has 0 unspecified atom stereocenters. The monoisotopic (exact) mass is 503 g/mol. The Morgan fingerprint density at radius 2 is 1.87 bits per heavy atom. The van der Waals surface area contributed by atoms with Crippen LogP contribution in [0.15, 0.2) is 71.7 Å². The zero-order valence-electron chi connectivity index (χ0n) is 21.8. The number of tetrazole rings is 1. The summed E-state index contributed by atoms with van der Waals surface area (Å²) < 4.78 is 4.02. The standard InChI is InChI=1S/C30H29N7O/c1-4-5-10-27-31-25-13-11-19(2)20(3)28(25)30(38)37(27)23-12-14-26-21(17-23)15-16-36(26)18-22-8-6-7-9-24(22)29-32-34-35-33-29/h6-9,11-17H,4-5,10,18H2,1-3H3,(H,32,33,34,35). The van der Waals surface area contributed by atoms with Crippen molar-refractivity contribution in [1.29, 1.82) is 0 Å². The number of rotatable bonds is 7. The van der Waals surface area contributed by atoms with Crippen molar-refractivity contribution in [1.82, 2.24) is 34.7 Å². The Balaban J connectivity index is 1.45. The minimum atomic E-state index is -0.00400. The van der Waals surface area contributed by atoms with Crippen LogP contribution >= 0.6 is 0 Å². The number of hydrogen-bond donors (Lipinski definition) is 1. The number of nitrogens with one attached hydrogen (secondary N) is 1. The van der Waals surface area contributed by atoms with Crippen molar-refractivity contribution in [2.75, 3.05) is 0 Å². The minimum Gasteiger partial charge on any atom is -0.343 e. The fourth-order valence-corrected chi connectivity index (χ4v) is 5.16. The van der Waals surface area contributed by atoms with Crippen LogP contribution in [0.4, 0.5) is 0 Å². The van der Waals surface area contributed by atoms with E-state index in [9.17, 15) is 4.79 Å². The predicted molar refractivity (Wildman–Crippen MR) is 150 cm³/mol. The van der Waals surface area contributed by atoms with Gasteiger partial charge >= 0.3 is 0 Å². The Morgan fingerprint density at radius 1 is 1.00 bits per heavy atom. The third-order valence-electron chi connectivity index (χ3n) is 7.36. The molecule has 0 amide bonds. The number of nitrogens with zero attached hydrogens (tertiary/aromatic N) is 6. The third kappa shape index (κ3) is 4.08. The van der Waals surface area contributed by atoms with Crippen LogP contribution in [-0.2, 0) is 13.0 Å². The van der Waals surface area contributed by atoms with Crippen molar-refractivity contribution in [3.63, 3.8) is 0 Å². The number of H-pyrrole nitrogens is 1. The van der Waals surface area contributed by atoms with Gasteiger partial charge in [-0.2, -0.15) is 0 Å². The number of unbranched alkanes of at least 4 members (excludes halogenated alkanes) is 1. The molecular formula is C30H29N7O. The normalized spacial score (nSPS) is 11.6. The number of benzene rings is 3. The maximum Gasteiger partial charge on any atom is 0.266 e. The van der Waals surface area contributed by atoms with Crippen LogP contribution < -0.4 is 5.56 Å². The molecule has 6 rings (SSSR count). The lowest BCUT2D eigenvalue weighted by Gasteiger charge is -2.16. The summed E-state index contributed by atoms with van der Waals surface area (Å²) >= 11 is 0. The van der Waals surface area contributed by atoms with Gasteiger partial charge in [-0.15, -0.1) is 5.10 Å². The van der Waals surface area contributed by atoms with Gasteiger partial charge in [0.2, 0.25) is 0 Å². The van der Waals surface area contributed by atoms with Crippen LogP contribution in [0.5, 0.6) is 0 Å². The Bertz CT molecular complexity index is 1830. The second kappa shape index (κ2) is 9.70. The first-order valence-corrected chi connectivity index (χ1v) is 13.0. The average molecular weight is 504 g/mol. The van der Waals surface area contributed by atoms with E-state index in [-0.39, 0.29) is 5.56 Å². The van der Waals surface area contributed by atoms with E-state index in [1.54, 1.807) is 0 Å². The average Bonchev–Trinajstić information content (AvgIpc) is 3.60. The maximum absolute atomic E-state index is 13.9. The number of aromatic nitrogens is 7. The molecule has 0 aliphatic carbocycles. The summed E-state index contributed by atoms with van der Waals surface area (Å²) in [6, 6.07) is 20.4. The lowest BCUT2D eigenvalue weighted by molar-refractivity contribution is 0.720. The number of hydrogen-bond acceptors (Lipinski definition) is 5. The van der Waals surface area contributed by atoms with Gasteiger partial charge in [-0.25, -0.2) is 10.1 Å². The molecule has 0 aliphatic rings. The Kier molecular flexibility index (Phi) is 6.07. The molecule has 3 aromatic carbocycles. The van der Waals surface area contributed by atoms with E-state index in [4.69, 9.17) is 4.98 Å². The highest BCUT2D eigenvalue weighted by Gasteiger charge is 2.16. The van der Waals surface area contributed by atoms with Gasteiger partial charge in [0.15, 0.2) is 5.82 Å². The van der Waals surface area contributed by atoms with E-state index in [0.717, 1.165) is 69.4 Å². The molecule has 0 bridgehead atoms. The minimum absolute atomic E-state index is 0.00400. The number of aryl methyl sites for hydroxylation is 3. The van der Waals surface area contributed by atoms with Gasteiger partial charge in [0.25, 0.3) is 5.56 Å². The highest BCUT2D eigenvalue weighted by atomic mass is 16.1. The maximum atomic E-state index is 13.9. The quantitative estimate of drug-likeness (QED) is 0.309. The van der Waals surface area contributed by atoms with Crippen molar-refractivity contribution in [3.05, 3.63) is 99.7 Å². The van der Waals surface area contributed by atoms with Crippen LogP contribution in [0.3, 0.4) is 0 Å². The van der Waals surface area contributed by atoms with E-state index in [2.05, 4.69) is 62.6 Å². The molecule has 38 heavy (non-hydrogen) atoms. The summed E-state index contributed by atoms with van der Waals surface area (Å²) in [4.78, 5) is 18.9. The molecule has 0 radical (unpaired) electrons. The number of fused-ring (bicyclic) bond motifs is 2. The Labute approximate surface area is 220 Å². The SMILES string of the molecule is CCCCc1nc2ccc(C)c(C)c2c(=O)n1-c1ccc2c(ccn2Cc2ccccc2-c2nnn[nH]2)c1. The van der Waals surface area contributed by atoms with E-state index in [1.807, 2.05) is 54.8 Å². The number of aromatic amines is 1. The van der Waals surface area contributed by atoms with Gasteiger partial charge in [-0.3, -0.25) is 9.36 Å². The van der Waals surface area contributed by atoms with E-state index < -0.39 is 0 Å². The molecule has 8 nitrogen and oxygen atoms in total. The largest absolute Gasteiger partial charge is 0.343 e. The van der Waals surface area contributed by atoms with Crippen molar-refractivity contribution >= 4 is 21.8 Å². The smallest absolute Gasteiger partial charge is 0.266 e. The second-order valence-electron chi connectivity index (χ2n) is 9.77. The van der Waals surface area contributed by atoms with Gasteiger partial charge in [0.05, 0.1) is 16.6 Å². The van der Waals surface area contributed by atoms with E-state index >= 15 is 0 Å². The van der Waals surface area contributed by atoms with E-state index in [0.29, 0.717) is 17.8 Å². The summed E-state index contributed by atoms with van der Waals surface area (Å²) in [6.45, 7) is 6.86. The molecule has 0 atom stereocenters. The fourth-order valence-electron chi connectivity index (χ4n) is 5.16. The first-order chi connectivity index (χ1) is 18.5. The molecular weight excluding hydrogens is 474 g/mol. The van der Waals surface area contributed by atoms with Gasteiger partial charge in [-0.05, 0) is 77.7 Å². The molecule has 0 fully saturated rings. The molecule has 1 N–H and O–H groups in total. The van der Waals surface area contributed by atoms with E-state index in [1.165, 1.54) is 0 Å². The zero-order chi connectivity index (χ0) is 26.2. The first kappa shape index (κ1) is 23.8. The van der Waals surface area contributed by atoms with Gasteiger partial charge in [0.1, 0.15) is 5.82 Å². The van der Waals surface area contributed by atoms with Crippen LogP contribution in [0.25, 0.3) is 38.9 Å². The Morgan fingerprint density at radius 3 is 2.68 bits per heavy atom. The van der Waals surface area contributed by atoms with Crippen molar-refractivity contribution < 1.29 is 0 Å². The molecule has 3 heterocycles. The van der Waals surface area contributed by atoms with Crippen LogP contribution in [-0.4, -0.2) is 34.7 Å². The van der Waals surface area contributed by atoms with Crippen molar-refractivity contribution in [2.24, 2.45) is 0 Å². The molecule has 6 aromatic rings. The summed E-state index contributed by atoms with van der Waals surface area (Å²) in [5, 5.41) is 16.2. The zero-order valence-corrected chi connectivity index (χ0v) is 21.8. The molecule has 0 aliphatic heterocycles. The molecule has 8 heteroatoms. The molecule has 3 aromatic heterocycles. The summed E-state index contributed by atoms with van der Waals surface area (Å²) in [7, 11) is 0. The molecule has 0 saturated carbocycles. The van der Waals surface area contributed by atoms with Gasteiger partial charge in [0, 0.05) is 35.6 Å². The lowest BCUT2D eigenvalue weighted by atomic mass is 10.0. The van der Waals surface area contributed by atoms with Crippen LogP contribution in [0, 0.1) is 13.8 Å². The lowest BCUT2D eigenvalue weighted by Crippen LogP contribution is -2.24. The molecule has 190 valence electrons. The van der Waals surface area contributed by atoms with Crippen LogP contribution in [0.2, 0.25) is 0 Å². The third-order valence-corrected chi connectivity index (χ3v) is 7.36. The van der Waals surface area contributed by atoms with Crippen molar-refractivity contribution in [3.8, 4) is 17.1 Å².